The zero-order valence-corrected chi connectivity index (χ0v) is 17.5. The minimum atomic E-state index is -0.720. The largest absolute Gasteiger partial charge is 0.387 e. The Kier molecular flexibility index (Phi) is 8.27. The number of rotatable bonds is 7. The third kappa shape index (κ3) is 6.14. The Morgan fingerprint density at radius 2 is 1.86 bits per heavy atom. The summed E-state index contributed by atoms with van der Waals surface area (Å²) in [6.45, 7) is 7.40. The molecule has 6 nitrogen and oxygen atoms in total. The van der Waals surface area contributed by atoms with Gasteiger partial charge in [0, 0.05) is 31.7 Å². The number of aliphatic hydroxyl groups is 1. The molecule has 29 heavy (non-hydrogen) atoms. The SMILES string of the molecule is CCNC(=NCC1(N2CCOCC2)CCCCC1)NCC(O)c1ccc(F)cc1. The van der Waals surface area contributed by atoms with E-state index in [9.17, 15) is 9.50 Å². The van der Waals surface area contributed by atoms with Gasteiger partial charge in [-0.2, -0.15) is 0 Å². The zero-order chi connectivity index (χ0) is 20.5. The first-order valence-electron chi connectivity index (χ1n) is 10.9. The fourth-order valence-corrected chi connectivity index (χ4v) is 4.39. The summed E-state index contributed by atoms with van der Waals surface area (Å²) in [6, 6.07) is 5.96. The van der Waals surface area contributed by atoms with Crippen molar-refractivity contribution in [3.63, 3.8) is 0 Å². The molecule has 3 rings (SSSR count). The van der Waals surface area contributed by atoms with E-state index in [4.69, 9.17) is 9.73 Å². The van der Waals surface area contributed by atoms with Crippen LogP contribution in [-0.2, 0) is 4.74 Å². The lowest BCUT2D eigenvalue weighted by atomic mass is 9.80. The van der Waals surface area contributed by atoms with Crippen LogP contribution in [0.2, 0.25) is 0 Å². The summed E-state index contributed by atoms with van der Waals surface area (Å²) in [5, 5.41) is 16.9. The maximum absolute atomic E-state index is 13.1. The summed E-state index contributed by atoms with van der Waals surface area (Å²) in [6.07, 6.45) is 5.43. The van der Waals surface area contributed by atoms with Gasteiger partial charge in [0.1, 0.15) is 5.82 Å². The van der Waals surface area contributed by atoms with Crippen LogP contribution in [0.1, 0.15) is 50.7 Å². The normalized spacial score (nSPS) is 21.6. The molecule has 1 saturated heterocycles. The lowest BCUT2D eigenvalue weighted by molar-refractivity contribution is -0.0333. The molecule has 162 valence electrons. The highest BCUT2D eigenvalue weighted by Gasteiger charge is 2.38. The van der Waals surface area contributed by atoms with Crippen molar-refractivity contribution >= 4 is 5.96 Å². The first-order valence-corrected chi connectivity index (χ1v) is 10.9. The Hall–Kier alpha value is -1.70. The second-order valence-electron chi connectivity index (χ2n) is 8.03. The number of hydrogen-bond acceptors (Lipinski definition) is 4. The third-order valence-corrected chi connectivity index (χ3v) is 6.06. The van der Waals surface area contributed by atoms with E-state index in [1.165, 1.54) is 44.2 Å². The average Bonchev–Trinajstić information content (AvgIpc) is 2.77. The molecular formula is C22H35FN4O2. The minimum Gasteiger partial charge on any atom is -0.387 e. The molecule has 1 aliphatic carbocycles. The molecule has 2 fully saturated rings. The summed E-state index contributed by atoms with van der Waals surface area (Å²) in [7, 11) is 0. The van der Waals surface area contributed by atoms with Gasteiger partial charge in [0.15, 0.2) is 5.96 Å². The molecule has 0 bridgehead atoms. The molecule has 3 N–H and O–H groups in total. The quantitative estimate of drug-likeness (QED) is 0.479. The molecule has 0 radical (unpaired) electrons. The van der Waals surface area contributed by atoms with Crippen LogP contribution in [0.5, 0.6) is 0 Å². The van der Waals surface area contributed by atoms with Gasteiger partial charge in [-0.15, -0.1) is 0 Å². The Labute approximate surface area is 173 Å². The Bertz CT molecular complexity index is 641. The van der Waals surface area contributed by atoms with E-state index in [0.29, 0.717) is 18.1 Å². The van der Waals surface area contributed by atoms with E-state index in [-0.39, 0.29) is 11.4 Å². The molecule has 1 saturated carbocycles. The van der Waals surface area contributed by atoms with E-state index in [1.807, 2.05) is 6.92 Å². The molecule has 7 heteroatoms. The maximum Gasteiger partial charge on any atom is 0.191 e. The number of aliphatic hydroxyl groups excluding tert-OH is 1. The van der Waals surface area contributed by atoms with Crippen LogP contribution in [0.25, 0.3) is 0 Å². The van der Waals surface area contributed by atoms with E-state index < -0.39 is 6.10 Å². The molecule has 0 aromatic heterocycles. The number of nitrogens with zero attached hydrogens (tertiary/aromatic N) is 2. The third-order valence-electron chi connectivity index (χ3n) is 6.06. The molecule has 0 spiro atoms. The zero-order valence-electron chi connectivity index (χ0n) is 17.5. The van der Waals surface area contributed by atoms with Crippen molar-refractivity contribution in [3.8, 4) is 0 Å². The number of aliphatic imine (C=N–C) groups is 1. The predicted molar refractivity (Wildman–Crippen MR) is 114 cm³/mol. The molecule has 1 aromatic carbocycles. The number of ether oxygens (including phenoxy) is 1. The smallest absolute Gasteiger partial charge is 0.191 e. The first-order chi connectivity index (χ1) is 14.1. The van der Waals surface area contributed by atoms with Crippen LogP contribution >= 0.6 is 0 Å². The summed E-state index contributed by atoms with van der Waals surface area (Å²) in [4.78, 5) is 7.48. The summed E-state index contributed by atoms with van der Waals surface area (Å²) in [5.74, 6) is 0.413. The van der Waals surface area contributed by atoms with Gasteiger partial charge in [-0.25, -0.2) is 4.39 Å². The van der Waals surface area contributed by atoms with Gasteiger partial charge in [0.2, 0.25) is 0 Å². The second kappa shape index (κ2) is 10.9. The van der Waals surface area contributed by atoms with Gasteiger partial charge in [-0.3, -0.25) is 9.89 Å². The summed E-state index contributed by atoms with van der Waals surface area (Å²) in [5.41, 5.74) is 0.798. The van der Waals surface area contributed by atoms with Crippen molar-refractivity contribution in [2.45, 2.75) is 50.7 Å². The monoisotopic (exact) mass is 406 g/mol. The number of guanidine groups is 1. The molecule has 1 aromatic rings. The van der Waals surface area contributed by atoms with Gasteiger partial charge < -0.3 is 20.5 Å². The molecular weight excluding hydrogens is 371 g/mol. The number of benzene rings is 1. The van der Waals surface area contributed by atoms with E-state index in [2.05, 4.69) is 15.5 Å². The molecule has 1 atom stereocenters. The van der Waals surface area contributed by atoms with Gasteiger partial charge in [0.25, 0.3) is 0 Å². The lowest BCUT2D eigenvalue weighted by Crippen LogP contribution is -2.56. The van der Waals surface area contributed by atoms with Crippen molar-refractivity contribution in [3.05, 3.63) is 35.6 Å². The molecule has 1 aliphatic heterocycles. The van der Waals surface area contributed by atoms with Gasteiger partial charge in [-0.1, -0.05) is 31.4 Å². The van der Waals surface area contributed by atoms with E-state index in [1.54, 1.807) is 12.1 Å². The van der Waals surface area contributed by atoms with Crippen molar-refractivity contribution in [1.29, 1.82) is 0 Å². The van der Waals surface area contributed by atoms with Crippen LogP contribution in [0.3, 0.4) is 0 Å². The number of halogens is 1. The van der Waals surface area contributed by atoms with E-state index >= 15 is 0 Å². The highest BCUT2D eigenvalue weighted by molar-refractivity contribution is 5.79. The standard InChI is InChI=1S/C22H35FN4O2/c1-2-24-21(25-16-20(28)18-6-8-19(23)9-7-18)26-17-22(10-4-3-5-11-22)27-12-14-29-15-13-27/h6-9,20,28H,2-5,10-17H2,1H3,(H2,24,25,26). The van der Waals surface area contributed by atoms with Crippen LogP contribution in [-0.4, -0.2) is 67.4 Å². The highest BCUT2D eigenvalue weighted by Crippen LogP contribution is 2.34. The van der Waals surface area contributed by atoms with Crippen molar-refractivity contribution in [1.82, 2.24) is 15.5 Å². The molecule has 0 amide bonds. The van der Waals surface area contributed by atoms with Crippen molar-refractivity contribution in [2.75, 3.05) is 45.9 Å². The lowest BCUT2D eigenvalue weighted by Gasteiger charge is -2.47. The fraction of sp³-hybridized carbons (Fsp3) is 0.682. The Morgan fingerprint density at radius 3 is 2.52 bits per heavy atom. The van der Waals surface area contributed by atoms with Gasteiger partial charge in [-0.05, 0) is 37.5 Å². The fourth-order valence-electron chi connectivity index (χ4n) is 4.39. The average molecular weight is 407 g/mol. The van der Waals surface area contributed by atoms with Gasteiger partial charge in [0.05, 0.1) is 25.9 Å². The highest BCUT2D eigenvalue weighted by atomic mass is 19.1. The summed E-state index contributed by atoms with van der Waals surface area (Å²) >= 11 is 0. The number of nitrogens with one attached hydrogen (secondary N) is 2. The topological polar surface area (TPSA) is 69.1 Å². The van der Waals surface area contributed by atoms with Crippen molar-refractivity contribution < 1.29 is 14.2 Å². The molecule has 1 unspecified atom stereocenters. The first kappa shape index (κ1) is 22.0. The van der Waals surface area contributed by atoms with Crippen LogP contribution in [0.15, 0.2) is 29.3 Å². The number of hydrogen-bond donors (Lipinski definition) is 3. The Morgan fingerprint density at radius 1 is 1.17 bits per heavy atom. The minimum absolute atomic E-state index is 0.111. The summed E-state index contributed by atoms with van der Waals surface area (Å²) < 4.78 is 18.7. The number of morpholine rings is 1. The molecule has 2 aliphatic rings. The second-order valence-corrected chi connectivity index (χ2v) is 8.03. The van der Waals surface area contributed by atoms with Crippen LogP contribution in [0, 0.1) is 5.82 Å². The van der Waals surface area contributed by atoms with Crippen molar-refractivity contribution in [2.24, 2.45) is 4.99 Å². The Balaban J connectivity index is 1.63. The molecule has 1 heterocycles. The predicted octanol–water partition coefficient (Wildman–Crippen LogP) is 2.45. The van der Waals surface area contributed by atoms with Gasteiger partial charge >= 0.3 is 0 Å². The maximum atomic E-state index is 13.1. The van der Waals surface area contributed by atoms with Crippen LogP contribution in [0.4, 0.5) is 4.39 Å². The van der Waals surface area contributed by atoms with E-state index in [0.717, 1.165) is 39.4 Å². The van der Waals surface area contributed by atoms with Crippen LogP contribution < -0.4 is 10.6 Å².